The molecule has 0 spiro atoms. The van der Waals surface area contributed by atoms with Gasteiger partial charge in [0.25, 0.3) is 0 Å². The van der Waals surface area contributed by atoms with Crippen LogP contribution >= 0.6 is 0 Å². The maximum absolute atomic E-state index is 11.6. The first-order chi connectivity index (χ1) is 11.8. The van der Waals surface area contributed by atoms with Crippen molar-refractivity contribution in [2.75, 3.05) is 11.4 Å². The van der Waals surface area contributed by atoms with E-state index in [0.717, 1.165) is 43.7 Å². The van der Waals surface area contributed by atoms with Crippen molar-refractivity contribution in [3.8, 4) is 0 Å². The Bertz CT molecular complexity index is 724. The van der Waals surface area contributed by atoms with E-state index in [9.17, 15) is 4.79 Å². The van der Waals surface area contributed by atoms with Gasteiger partial charge in [0.15, 0.2) is 0 Å². The second-order valence-corrected chi connectivity index (χ2v) is 6.57. The SMILES string of the molecule is O=C(NCc1ccc(N2CCc3ccccc3C2)nc1)NC1CC1. The summed E-state index contributed by atoms with van der Waals surface area (Å²) in [6, 6.07) is 13.0. The van der Waals surface area contributed by atoms with Crippen LogP contribution in [0.3, 0.4) is 0 Å². The van der Waals surface area contributed by atoms with Gasteiger partial charge in [-0.25, -0.2) is 9.78 Å². The minimum Gasteiger partial charge on any atom is -0.352 e. The topological polar surface area (TPSA) is 57.3 Å². The van der Waals surface area contributed by atoms with Crippen LogP contribution in [0.2, 0.25) is 0 Å². The van der Waals surface area contributed by atoms with Crippen molar-refractivity contribution >= 4 is 11.8 Å². The van der Waals surface area contributed by atoms with Gasteiger partial charge in [-0.15, -0.1) is 0 Å². The normalized spacial score (nSPS) is 16.4. The van der Waals surface area contributed by atoms with Gasteiger partial charge in [0.05, 0.1) is 0 Å². The maximum Gasteiger partial charge on any atom is 0.315 e. The van der Waals surface area contributed by atoms with Crippen molar-refractivity contribution in [2.45, 2.75) is 38.4 Å². The second-order valence-electron chi connectivity index (χ2n) is 6.57. The molecule has 2 heterocycles. The van der Waals surface area contributed by atoms with E-state index in [4.69, 9.17) is 0 Å². The molecule has 5 heteroatoms. The molecule has 1 aliphatic carbocycles. The quantitative estimate of drug-likeness (QED) is 0.910. The van der Waals surface area contributed by atoms with E-state index >= 15 is 0 Å². The van der Waals surface area contributed by atoms with E-state index in [-0.39, 0.29) is 6.03 Å². The van der Waals surface area contributed by atoms with Crippen LogP contribution in [0.4, 0.5) is 10.6 Å². The lowest BCUT2D eigenvalue weighted by Gasteiger charge is -2.29. The molecule has 1 aliphatic heterocycles. The van der Waals surface area contributed by atoms with E-state index in [0.29, 0.717) is 12.6 Å². The molecule has 24 heavy (non-hydrogen) atoms. The van der Waals surface area contributed by atoms with E-state index in [1.54, 1.807) is 0 Å². The number of rotatable bonds is 4. The molecule has 4 rings (SSSR count). The lowest BCUT2D eigenvalue weighted by molar-refractivity contribution is 0.240. The number of benzene rings is 1. The van der Waals surface area contributed by atoms with Crippen LogP contribution < -0.4 is 15.5 Å². The summed E-state index contributed by atoms with van der Waals surface area (Å²) in [5, 5.41) is 5.80. The summed E-state index contributed by atoms with van der Waals surface area (Å²) in [6.45, 7) is 2.41. The third-order valence-corrected chi connectivity index (χ3v) is 4.63. The lowest BCUT2D eigenvalue weighted by Crippen LogP contribution is -2.36. The molecule has 0 atom stereocenters. The molecule has 1 saturated carbocycles. The highest BCUT2D eigenvalue weighted by molar-refractivity contribution is 5.74. The molecule has 2 N–H and O–H groups in total. The van der Waals surface area contributed by atoms with Gasteiger partial charge in [-0.1, -0.05) is 30.3 Å². The Morgan fingerprint density at radius 3 is 2.75 bits per heavy atom. The Balaban J connectivity index is 1.34. The van der Waals surface area contributed by atoms with Crippen LogP contribution in [0.5, 0.6) is 0 Å². The standard InChI is InChI=1S/C19H22N4O/c24-19(22-17-6-7-17)21-12-14-5-8-18(20-11-14)23-10-9-15-3-1-2-4-16(15)13-23/h1-5,8,11,17H,6-7,9-10,12-13H2,(H2,21,22,24). The van der Waals surface area contributed by atoms with Gasteiger partial charge in [-0.05, 0) is 42.0 Å². The number of pyridine rings is 1. The second kappa shape index (κ2) is 6.51. The number of amides is 2. The van der Waals surface area contributed by atoms with E-state index in [2.05, 4.69) is 44.8 Å². The number of urea groups is 1. The molecule has 1 aromatic carbocycles. The summed E-state index contributed by atoms with van der Waals surface area (Å²) in [7, 11) is 0. The molecule has 0 bridgehead atoms. The Labute approximate surface area is 142 Å². The summed E-state index contributed by atoms with van der Waals surface area (Å²) < 4.78 is 0. The average Bonchev–Trinajstić information content (AvgIpc) is 3.44. The predicted molar refractivity (Wildman–Crippen MR) is 93.8 cm³/mol. The molecule has 1 fully saturated rings. The third-order valence-electron chi connectivity index (χ3n) is 4.63. The van der Waals surface area contributed by atoms with Crippen molar-refractivity contribution < 1.29 is 4.79 Å². The van der Waals surface area contributed by atoms with Gasteiger partial charge >= 0.3 is 6.03 Å². The highest BCUT2D eigenvalue weighted by atomic mass is 16.2. The summed E-state index contributed by atoms with van der Waals surface area (Å²) in [5.41, 5.74) is 3.84. The van der Waals surface area contributed by atoms with Crippen LogP contribution in [-0.2, 0) is 19.5 Å². The first kappa shape index (κ1) is 15.0. The van der Waals surface area contributed by atoms with Gasteiger partial charge in [0, 0.05) is 31.9 Å². The molecule has 5 nitrogen and oxygen atoms in total. The number of nitrogens with one attached hydrogen (secondary N) is 2. The van der Waals surface area contributed by atoms with Gasteiger partial charge < -0.3 is 15.5 Å². The Kier molecular flexibility index (Phi) is 4.07. The van der Waals surface area contributed by atoms with Crippen molar-refractivity contribution in [3.05, 3.63) is 59.3 Å². The smallest absolute Gasteiger partial charge is 0.315 e. The van der Waals surface area contributed by atoms with Crippen molar-refractivity contribution in [1.29, 1.82) is 0 Å². The Hall–Kier alpha value is -2.56. The van der Waals surface area contributed by atoms with Gasteiger partial charge in [-0.2, -0.15) is 0 Å². The molecule has 0 radical (unpaired) electrons. The Morgan fingerprint density at radius 1 is 1.17 bits per heavy atom. The molecule has 2 amide bonds. The minimum atomic E-state index is -0.0887. The highest BCUT2D eigenvalue weighted by Gasteiger charge is 2.23. The van der Waals surface area contributed by atoms with Crippen molar-refractivity contribution in [2.24, 2.45) is 0 Å². The fourth-order valence-electron chi connectivity index (χ4n) is 3.05. The molecule has 0 saturated heterocycles. The molecule has 2 aliphatic rings. The number of aromatic nitrogens is 1. The van der Waals surface area contributed by atoms with Crippen LogP contribution in [-0.4, -0.2) is 23.6 Å². The fraction of sp³-hybridized carbons (Fsp3) is 0.368. The number of nitrogens with zero attached hydrogens (tertiary/aromatic N) is 2. The van der Waals surface area contributed by atoms with E-state index in [1.165, 1.54) is 11.1 Å². The number of anilines is 1. The van der Waals surface area contributed by atoms with Crippen LogP contribution in [0, 0.1) is 0 Å². The molecule has 1 aromatic heterocycles. The monoisotopic (exact) mass is 322 g/mol. The first-order valence-corrected chi connectivity index (χ1v) is 8.59. The van der Waals surface area contributed by atoms with Crippen molar-refractivity contribution in [3.63, 3.8) is 0 Å². The van der Waals surface area contributed by atoms with E-state index < -0.39 is 0 Å². The van der Waals surface area contributed by atoms with Crippen LogP contribution in [0.1, 0.15) is 29.5 Å². The van der Waals surface area contributed by atoms with Gasteiger partial charge in [0.1, 0.15) is 5.82 Å². The molecular formula is C19H22N4O. The molecular weight excluding hydrogens is 300 g/mol. The molecule has 124 valence electrons. The lowest BCUT2D eigenvalue weighted by atomic mass is 10.00. The largest absolute Gasteiger partial charge is 0.352 e. The Morgan fingerprint density at radius 2 is 2.00 bits per heavy atom. The van der Waals surface area contributed by atoms with Crippen LogP contribution in [0.25, 0.3) is 0 Å². The first-order valence-electron chi connectivity index (χ1n) is 8.59. The van der Waals surface area contributed by atoms with Gasteiger partial charge in [0.2, 0.25) is 0 Å². The van der Waals surface area contributed by atoms with E-state index in [1.807, 2.05) is 18.3 Å². The number of fused-ring (bicyclic) bond motifs is 1. The molecule has 0 unspecified atom stereocenters. The fourth-order valence-corrected chi connectivity index (χ4v) is 3.05. The highest BCUT2D eigenvalue weighted by Crippen LogP contribution is 2.23. The van der Waals surface area contributed by atoms with Crippen molar-refractivity contribution in [1.82, 2.24) is 15.6 Å². The number of hydrogen-bond donors (Lipinski definition) is 2. The predicted octanol–water partition coefficient (Wildman–Crippen LogP) is 2.61. The molecule has 2 aromatic rings. The maximum atomic E-state index is 11.6. The van der Waals surface area contributed by atoms with Crippen LogP contribution in [0.15, 0.2) is 42.6 Å². The summed E-state index contributed by atoms with van der Waals surface area (Å²) >= 11 is 0. The zero-order valence-corrected chi connectivity index (χ0v) is 13.7. The summed E-state index contributed by atoms with van der Waals surface area (Å²) in [4.78, 5) is 18.5. The summed E-state index contributed by atoms with van der Waals surface area (Å²) in [6.07, 6.45) is 5.11. The van der Waals surface area contributed by atoms with Gasteiger partial charge in [-0.3, -0.25) is 0 Å². The third kappa shape index (κ3) is 3.50. The minimum absolute atomic E-state index is 0.0887. The summed E-state index contributed by atoms with van der Waals surface area (Å²) in [5.74, 6) is 0.996. The number of carbonyl (C=O) groups excluding carboxylic acids is 1. The zero-order chi connectivity index (χ0) is 16.4. The average molecular weight is 322 g/mol. The number of hydrogen-bond acceptors (Lipinski definition) is 3. The zero-order valence-electron chi connectivity index (χ0n) is 13.7. The number of carbonyl (C=O) groups is 1.